The third-order valence-electron chi connectivity index (χ3n) is 4.19. The van der Waals surface area contributed by atoms with Crippen LogP contribution in [-0.4, -0.2) is 20.2 Å². The Morgan fingerprint density at radius 1 is 1.09 bits per heavy atom. The Hall–Kier alpha value is -1.42. The first-order valence-corrected chi connectivity index (χ1v) is 8.60. The highest BCUT2D eigenvalue weighted by Gasteiger charge is 2.39. The fourth-order valence-corrected chi connectivity index (χ4v) is 3.31. The summed E-state index contributed by atoms with van der Waals surface area (Å²) in [7, 11) is 1.79. The second-order valence-electron chi connectivity index (χ2n) is 5.72. The lowest BCUT2D eigenvalue weighted by Crippen LogP contribution is -2.42. The van der Waals surface area contributed by atoms with Gasteiger partial charge in [-0.25, -0.2) is 0 Å². The van der Waals surface area contributed by atoms with Gasteiger partial charge >= 0.3 is 0 Å². The number of halogens is 1. The van der Waals surface area contributed by atoms with Gasteiger partial charge in [0.15, 0.2) is 0 Å². The standard InChI is InChI=1S/C20H24BrNO/c1-16(14-22-15-17(2)21)20(23-3,18-10-6-4-7-11-18)19-12-8-5-9-13-19/h4-13,16,22H,2,14-15H2,1,3H3. The zero-order chi connectivity index (χ0) is 16.7. The lowest BCUT2D eigenvalue weighted by atomic mass is 9.76. The van der Waals surface area contributed by atoms with Crippen LogP contribution in [0.15, 0.2) is 71.7 Å². The van der Waals surface area contributed by atoms with Gasteiger partial charge in [0.1, 0.15) is 5.60 Å². The third kappa shape index (κ3) is 4.11. The molecule has 0 bridgehead atoms. The number of ether oxygens (including phenoxy) is 1. The van der Waals surface area contributed by atoms with Crippen molar-refractivity contribution in [2.45, 2.75) is 12.5 Å². The smallest absolute Gasteiger partial charge is 0.121 e. The van der Waals surface area contributed by atoms with E-state index in [0.717, 1.165) is 17.6 Å². The molecule has 0 aliphatic rings. The van der Waals surface area contributed by atoms with Gasteiger partial charge in [-0.2, -0.15) is 0 Å². The van der Waals surface area contributed by atoms with Crippen molar-refractivity contribution in [2.75, 3.05) is 20.2 Å². The first-order valence-electron chi connectivity index (χ1n) is 7.81. The summed E-state index contributed by atoms with van der Waals surface area (Å²) in [4.78, 5) is 0. The largest absolute Gasteiger partial charge is 0.368 e. The van der Waals surface area contributed by atoms with E-state index in [2.05, 4.69) is 83.3 Å². The molecule has 1 atom stereocenters. The Bertz CT molecular complexity index is 573. The van der Waals surface area contributed by atoms with Crippen LogP contribution >= 0.6 is 15.9 Å². The third-order valence-corrected chi connectivity index (χ3v) is 4.47. The van der Waals surface area contributed by atoms with E-state index in [0.29, 0.717) is 0 Å². The quantitative estimate of drug-likeness (QED) is 0.723. The van der Waals surface area contributed by atoms with Crippen molar-refractivity contribution in [3.05, 3.63) is 82.9 Å². The molecule has 2 aromatic carbocycles. The molecule has 0 saturated heterocycles. The molecule has 1 N–H and O–H groups in total. The summed E-state index contributed by atoms with van der Waals surface area (Å²) in [5, 5.41) is 3.44. The lowest BCUT2D eigenvalue weighted by Gasteiger charge is -2.39. The van der Waals surface area contributed by atoms with Crippen LogP contribution in [0.1, 0.15) is 18.1 Å². The van der Waals surface area contributed by atoms with E-state index in [1.807, 2.05) is 12.1 Å². The summed E-state index contributed by atoms with van der Waals surface area (Å²) >= 11 is 3.39. The number of hydrogen-bond donors (Lipinski definition) is 1. The van der Waals surface area contributed by atoms with Crippen molar-refractivity contribution >= 4 is 15.9 Å². The number of hydrogen-bond acceptors (Lipinski definition) is 2. The summed E-state index contributed by atoms with van der Waals surface area (Å²) in [6, 6.07) is 20.9. The average Bonchev–Trinajstić information content (AvgIpc) is 2.58. The molecule has 3 heteroatoms. The van der Waals surface area contributed by atoms with Gasteiger partial charge in [-0.1, -0.05) is 90.1 Å². The van der Waals surface area contributed by atoms with Gasteiger partial charge in [0.25, 0.3) is 0 Å². The molecule has 0 amide bonds. The molecule has 122 valence electrons. The Morgan fingerprint density at radius 3 is 1.96 bits per heavy atom. The van der Waals surface area contributed by atoms with Gasteiger partial charge in [0.2, 0.25) is 0 Å². The van der Waals surface area contributed by atoms with Crippen LogP contribution in [0.5, 0.6) is 0 Å². The van der Waals surface area contributed by atoms with E-state index in [-0.39, 0.29) is 5.92 Å². The summed E-state index contributed by atoms with van der Waals surface area (Å²) in [6.45, 7) is 7.65. The van der Waals surface area contributed by atoms with Crippen molar-refractivity contribution in [1.82, 2.24) is 5.32 Å². The number of methoxy groups -OCH3 is 1. The maximum atomic E-state index is 6.16. The maximum absolute atomic E-state index is 6.16. The molecule has 0 aliphatic carbocycles. The molecule has 0 heterocycles. The maximum Gasteiger partial charge on any atom is 0.121 e. The Balaban J connectivity index is 2.40. The van der Waals surface area contributed by atoms with E-state index in [1.54, 1.807) is 7.11 Å². The van der Waals surface area contributed by atoms with E-state index < -0.39 is 5.60 Å². The van der Waals surface area contributed by atoms with Crippen molar-refractivity contribution in [3.63, 3.8) is 0 Å². The van der Waals surface area contributed by atoms with Gasteiger partial charge in [0, 0.05) is 30.6 Å². The summed E-state index contributed by atoms with van der Waals surface area (Å²) in [5.74, 6) is 0.240. The predicted octanol–water partition coefficient (Wildman–Crippen LogP) is 4.71. The van der Waals surface area contributed by atoms with Crippen LogP contribution in [0.4, 0.5) is 0 Å². The van der Waals surface area contributed by atoms with Crippen LogP contribution in [0.25, 0.3) is 0 Å². The van der Waals surface area contributed by atoms with Crippen molar-refractivity contribution in [2.24, 2.45) is 5.92 Å². The number of nitrogens with one attached hydrogen (secondary N) is 1. The molecule has 0 radical (unpaired) electrons. The van der Waals surface area contributed by atoms with E-state index in [4.69, 9.17) is 4.74 Å². The summed E-state index contributed by atoms with van der Waals surface area (Å²) in [6.07, 6.45) is 0. The van der Waals surface area contributed by atoms with Crippen LogP contribution in [0.3, 0.4) is 0 Å². The molecular weight excluding hydrogens is 350 g/mol. The highest BCUT2D eigenvalue weighted by molar-refractivity contribution is 9.11. The molecule has 2 rings (SSSR count). The Morgan fingerprint density at radius 2 is 1.57 bits per heavy atom. The monoisotopic (exact) mass is 373 g/mol. The van der Waals surface area contributed by atoms with Crippen LogP contribution < -0.4 is 5.32 Å². The highest BCUT2D eigenvalue weighted by atomic mass is 79.9. The lowest BCUT2D eigenvalue weighted by molar-refractivity contribution is -0.0228. The van der Waals surface area contributed by atoms with E-state index in [1.165, 1.54) is 11.1 Å². The van der Waals surface area contributed by atoms with Gasteiger partial charge in [0.05, 0.1) is 0 Å². The van der Waals surface area contributed by atoms with Crippen molar-refractivity contribution in [3.8, 4) is 0 Å². The predicted molar refractivity (Wildman–Crippen MR) is 101 cm³/mol. The second-order valence-corrected chi connectivity index (χ2v) is 6.84. The van der Waals surface area contributed by atoms with Crippen LogP contribution in [0, 0.1) is 5.92 Å². The van der Waals surface area contributed by atoms with Gasteiger partial charge < -0.3 is 10.1 Å². The first-order chi connectivity index (χ1) is 11.1. The van der Waals surface area contributed by atoms with Crippen LogP contribution in [0.2, 0.25) is 0 Å². The molecule has 0 aliphatic heterocycles. The summed E-state index contributed by atoms with van der Waals surface area (Å²) in [5.41, 5.74) is 1.85. The Labute approximate surface area is 147 Å². The van der Waals surface area contributed by atoms with Gasteiger partial charge in [-0.15, -0.1) is 0 Å². The van der Waals surface area contributed by atoms with Crippen LogP contribution in [-0.2, 0) is 10.3 Å². The fraction of sp³-hybridized carbons (Fsp3) is 0.300. The molecule has 2 nitrogen and oxygen atoms in total. The average molecular weight is 374 g/mol. The van der Waals surface area contributed by atoms with E-state index in [9.17, 15) is 0 Å². The molecule has 0 spiro atoms. The number of benzene rings is 2. The Kier molecular flexibility index (Phi) is 6.58. The van der Waals surface area contributed by atoms with Gasteiger partial charge in [-0.3, -0.25) is 0 Å². The summed E-state index contributed by atoms with van der Waals surface area (Å²) < 4.78 is 7.11. The van der Waals surface area contributed by atoms with E-state index >= 15 is 0 Å². The topological polar surface area (TPSA) is 21.3 Å². The molecule has 0 saturated carbocycles. The highest BCUT2D eigenvalue weighted by Crippen LogP contribution is 2.39. The SMILES string of the molecule is C=C(Br)CNCC(C)C(OC)(c1ccccc1)c1ccccc1. The molecule has 2 aromatic rings. The van der Waals surface area contributed by atoms with Gasteiger partial charge in [-0.05, 0) is 11.1 Å². The number of rotatable bonds is 8. The van der Waals surface area contributed by atoms with Crippen molar-refractivity contribution in [1.29, 1.82) is 0 Å². The minimum atomic E-state index is -0.483. The zero-order valence-corrected chi connectivity index (χ0v) is 15.3. The molecule has 1 unspecified atom stereocenters. The molecule has 0 aromatic heterocycles. The second kappa shape index (κ2) is 8.44. The normalized spacial score (nSPS) is 12.8. The minimum absolute atomic E-state index is 0.240. The molecule has 0 fully saturated rings. The fourth-order valence-electron chi connectivity index (χ4n) is 3.11. The minimum Gasteiger partial charge on any atom is -0.368 e. The zero-order valence-electron chi connectivity index (χ0n) is 13.8. The molecular formula is C20H24BrNO. The molecule has 23 heavy (non-hydrogen) atoms. The van der Waals surface area contributed by atoms with Crippen molar-refractivity contribution < 1.29 is 4.74 Å². The first kappa shape index (κ1) is 17.9.